The highest BCUT2D eigenvalue weighted by Crippen LogP contribution is 2.41. The van der Waals surface area contributed by atoms with Crippen LogP contribution in [0.5, 0.6) is 0 Å². The van der Waals surface area contributed by atoms with Crippen LogP contribution in [0.3, 0.4) is 0 Å². The van der Waals surface area contributed by atoms with Crippen molar-refractivity contribution in [3.8, 4) is 22.3 Å². The van der Waals surface area contributed by atoms with Gasteiger partial charge in [-0.25, -0.2) is 13.4 Å². The Morgan fingerprint density at radius 1 is 0.778 bits per heavy atom. The van der Waals surface area contributed by atoms with Gasteiger partial charge in [0.05, 0.1) is 10.6 Å². The van der Waals surface area contributed by atoms with Gasteiger partial charge in [-0.15, -0.1) is 0 Å². The van der Waals surface area contributed by atoms with Gasteiger partial charge in [0.15, 0.2) is 9.84 Å². The number of fused-ring (bicyclic) bond motifs is 3. The molecular formula is C30H21BrN2O2S. The maximum absolute atomic E-state index is 13.1. The standard InChI is InChI=1S/C30H21BrN2O2S/c31-23-14-12-21(13-15-23)26-18-32-30-29(28(26)22-7-3-1-4-8-22)25-17-20(11-16-27(25)33-30)19-36(34,35)24-9-5-2-6-10-24/h1-18H,19H2,(H,32,33). The van der Waals surface area contributed by atoms with Crippen molar-refractivity contribution in [2.24, 2.45) is 0 Å². The fourth-order valence-electron chi connectivity index (χ4n) is 4.68. The Morgan fingerprint density at radius 2 is 1.47 bits per heavy atom. The van der Waals surface area contributed by atoms with Gasteiger partial charge in [-0.05, 0) is 53.1 Å². The number of nitrogens with one attached hydrogen (secondary N) is 1. The van der Waals surface area contributed by atoms with Crippen LogP contribution in [0.25, 0.3) is 44.2 Å². The second-order valence-electron chi connectivity index (χ2n) is 8.72. The number of aromatic amines is 1. The number of sulfone groups is 1. The van der Waals surface area contributed by atoms with Crippen LogP contribution in [0.4, 0.5) is 0 Å². The van der Waals surface area contributed by atoms with E-state index in [1.165, 1.54) is 0 Å². The van der Waals surface area contributed by atoms with Gasteiger partial charge >= 0.3 is 0 Å². The molecule has 0 fully saturated rings. The number of nitrogens with zero attached hydrogens (tertiary/aromatic N) is 1. The maximum atomic E-state index is 13.1. The summed E-state index contributed by atoms with van der Waals surface area (Å²) in [5.41, 5.74) is 6.65. The molecule has 4 aromatic carbocycles. The lowest BCUT2D eigenvalue weighted by atomic mass is 9.92. The number of hydrogen-bond donors (Lipinski definition) is 1. The molecule has 0 saturated heterocycles. The number of benzene rings is 4. The third-order valence-corrected chi connectivity index (χ3v) is 8.59. The van der Waals surface area contributed by atoms with Crippen LogP contribution in [0, 0.1) is 0 Å². The number of halogens is 1. The Morgan fingerprint density at radius 3 is 2.19 bits per heavy atom. The van der Waals surface area contributed by atoms with E-state index in [4.69, 9.17) is 4.98 Å². The van der Waals surface area contributed by atoms with Crippen LogP contribution in [0.1, 0.15) is 5.56 Å². The van der Waals surface area contributed by atoms with Gasteiger partial charge < -0.3 is 4.98 Å². The van der Waals surface area contributed by atoms with Gasteiger partial charge in [0.2, 0.25) is 0 Å². The van der Waals surface area contributed by atoms with Gasteiger partial charge in [-0.3, -0.25) is 0 Å². The zero-order valence-corrected chi connectivity index (χ0v) is 21.6. The lowest BCUT2D eigenvalue weighted by Gasteiger charge is -2.12. The highest BCUT2D eigenvalue weighted by Gasteiger charge is 2.19. The van der Waals surface area contributed by atoms with Crippen molar-refractivity contribution in [1.29, 1.82) is 0 Å². The Balaban J connectivity index is 1.58. The van der Waals surface area contributed by atoms with Crippen LogP contribution in [-0.4, -0.2) is 18.4 Å². The largest absolute Gasteiger partial charge is 0.339 e. The average molecular weight is 553 g/mol. The molecule has 6 heteroatoms. The quantitative estimate of drug-likeness (QED) is 0.237. The molecule has 4 nitrogen and oxygen atoms in total. The van der Waals surface area contributed by atoms with E-state index in [-0.39, 0.29) is 5.75 Å². The normalized spacial score (nSPS) is 11.8. The van der Waals surface area contributed by atoms with E-state index in [0.717, 1.165) is 54.2 Å². The fourth-order valence-corrected chi connectivity index (χ4v) is 6.30. The van der Waals surface area contributed by atoms with Crippen molar-refractivity contribution in [3.63, 3.8) is 0 Å². The molecule has 2 aromatic heterocycles. The van der Waals surface area contributed by atoms with Gasteiger partial charge in [-0.2, -0.15) is 0 Å². The summed E-state index contributed by atoms with van der Waals surface area (Å²) in [5.74, 6) is -0.0693. The molecule has 1 N–H and O–H groups in total. The van der Waals surface area contributed by atoms with Crippen molar-refractivity contribution in [2.45, 2.75) is 10.6 Å². The van der Waals surface area contributed by atoms with Crippen LogP contribution in [0.15, 0.2) is 119 Å². The monoisotopic (exact) mass is 552 g/mol. The van der Waals surface area contributed by atoms with Crippen LogP contribution < -0.4 is 0 Å². The van der Waals surface area contributed by atoms with Crippen molar-refractivity contribution in [3.05, 3.63) is 119 Å². The van der Waals surface area contributed by atoms with Crippen molar-refractivity contribution in [1.82, 2.24) is 9.97 Å². The van der Waals surface area contributed by atoms with Crippen LogP contribution >= 0.6 is 15.9 Å². The van der Waals surface area contributed by atoms with Gasteiger partial charge in [0, 0.05) is 38.1 Å². The van der Waals surface area contributed by atoms with E-state index in [1.807, 2.05) is 60.8 Å². The van der Waals surface area contributed by atoms with Gasteiger partial charge in [0.1, 0.15) is 5.65 Å². The molecule has 0 atom stereocenters. The molecular weight excluding hydrogens is 532 g/mol. The van der Waals surface area contributed by atoms with E-state index >= 15 is 0 Å². The fraction of sp³-hybridized carbons (Fsp3) is 0.0333. The molecule has 0 aliphatic heterocycles. The maximum Gasteiger partial charge on any atom is 0.182 e. The van der Waals surface area contributed by atoms with E-state index < -0.39 is 9.84 Å². The third-order valence-electron chi connectivity index (χ3n) is 6.36. The van der Waals surface area contributed by atoms with Crippen molar-refractivity contribution >= 4 is 47.7 Å². The highest BCUT2D eigenvalue weighted by molar-refractivity contribution is 9.10. The summed E-state index contributed by atoms with van der Waals surface area (Å²) in [6.07, 6.45) is 1.91. The summed E-state index contributed by atoms with van der Waals surface area (Å²) in [4.78, 5) is 8.53. The summed E-state index contributed by atoms with van der Waals surface area (Å²) in [6, 6.07) is 32.8. The summed E-state index contributed by atoms with van der Waals surface area (Å²) < 4.78 is 27.2. The molecule has 0 spiro atoms. The lowest BCUT2D eigenvalue weighted by molar-refractivity contribution is 0.595. The Bertz CT molecular complexity index is 1810. The minimum absolute atomic E-state index is 0.0693. The van der Waals surface area contributed by atoms with E-state index in [2.05, 4.69) is 45.2 Å². The van der Waals surface area contributed by atoms with Crippen molar-refractivity contribution < 1.29 is 8.42 Å². The molecule has 0 aliphatic rings. The second kappa shape index (κ2) is 9.04. The summed E-state index contributed by atoms with van der Waals surface area (Å²) >= 11 is 3.53. The molecule has 176 valence electrons. The zero-order valence-electron chi connectivity index (χ0n) is 19.1. The van der Waals surface area contributed by atoms with E-state index in [9.17, 15) is 8.42 Å². The number of rotatable bonds is 5. The van der Waals surface area contributed by atoms with E-state index in [0.29, 0.717) is 4.90 Å². The predicted octanol–water partition coefficient (Wildman–Crippen LogP) is 7.79. The summed E-state index contributed by atoms with van der Waals surface area (Å²) in [5, 5.41) is 1.94. The van der Waals surface area contributed by atoms with E-state index in [1.54, 1.807) is 24.3 Å². The molecule has 0 aliphatic carbocycles. The number of H-pyrrole nitrogens is 1. The lowest BCUT2D eigenvalue weighted by Crippen LogP contribution is -2.04. The molecule has 0 saturated carbocycles. The molecule has 2 heterocycles. The molecule has 6 aromatic rings. The minimum Gasteiger partial charge on any atom is -0.339 e. The molecule has 0 amide bonds. The Labute approximate surface area is 217 Å². The third kappa shape index (κ3) is 4.12. The Kier molecular flexibility index (Phi) is 5.70. The van der Waals surface area contributed by atoms with Gasteiger partial charge in [-0.1, -0.05) is 82.7 Å². The summed E-state index contributed by atoms with van der Waals surface area (Å²) in [7, 11) is -3.47. The first-order chi connectivity index (χ1) is 17.5. The Hall–Kier alpha value is -3.74. The average Bonchev–Trinajstić information content (AvgIpc) is 3.27. The molecule has 0 unspecified atom stereocenters. The summed E-state index contributed by atoms with van der Waals surface area (Å²) in [6.45, 7) is 0. The van der Waals surface area contributed by atoms with Gasteiger partial charge in [0.25, 0.3) is 0 Å². The molecule has 6 rings (SSSR count). The predicted molar refractivity (Wildman–Crippen MR) is 150 cm³/mol. The molecule has 0 radical (unpaired) electrons. The highest BCUT2D eigenvalue weighted by atomic mass is 79.9. The molecule has 0 bridgehead atoms. The first-order valence-electron chi connectivity index (χ1n) is 11.5. The smallest absolute Gasteiger partial charge is 0.182 e. The first kappa shape index (κ1) is 22.7. The number of hydrogen-bond acceptors (Lipinski definition) is 3. The molecule has 36 heavy (non-hydrogen) atoms. The van der Waals surface area contributed by atoms with Crippen molar-refractivity contribution in [2.75, 3.05) is 0 Å². The topological polar surface area (TPSA) is 62.8 Å². The number of aromatic nitrogens is 2. The van der Waals surface area contributed by atoms with Crippen LogP contribution in [0.2, 0.25) is 0 Å². The number of pyridine rings is 1. The second-order valence-corrected chi connectivity index (χ2v) is 11.6. The minimum atomic E-state index is -3.47. The van der Waals surface area contributed by atoms with Crippen LogP contribution in [-0.2, 0) is 15.6 Å². The SMILES string of the molecule is O=S(=O)(Cc1ccc2[nH]c3ncc(-c4ccc(Br)cc4)c(-c4ccccc4)c3c2c1)c1ccccc1. The first-order valence-corrected chi connectivity index (χ1v) is 14.0. The zero-order chi connectivity index (χ0) is 24.7.